The third-order valence-electron chi connectivity index (χ3n) is 7.89. The fraction of sp³-hybridized carbons (Fsp3) is 0.971. The summed E-state index contributed by atoms with van der Waals surface area (Å²) in [7, 11) is 0. The fourth-order valence-electron chi connectivity index (χ4n) is 5.31. The summed E-state index contributed by atoms with van der Waals surface area (Å²) in [6, 6.07) is 0. The van der Waals surface area contributed by atoms with Gasteiger partial charge in [-0.15, -0.1) is 0 Å². The minimum Gasteiger partial charge on any atom is -0.465 e. The minimum absolute atomic E-state index is 0.105. The van der Waals surface area contributed by atoms with E-state index < -0.39 is 0 Å². The summed E-state index contributed by atoms with van der Waals surface area (Å²) >= 11 is 0. The second-order valence-corrected chi connectivity index (χ2v) is 11.6. The topological polar surface area (TPSA) is 26.3 Å². The van der Waals surface area contributed by atoms with Crippen molar-refractivity contribution in [1.82, 2.24) is 0 Å². The first-order valence-corrected chi connectivity index (χ1v) is 16.9. The molecule has 0 aromatic rings. The van der Waals surface area contributed by atoms with Crippen molar-refractivity contribution in [1.29, 1.82) is 0 Å². The Labute approximate surface area is 228 Å². The van der Waals surface area contributed by atoms with Crippen molar-refractivity contribution in [3.8, 4) is 0 Å². The Morgan fingerprint density at radius 1 is 0.417 bits per heavy atom. The predicted molar refractivity (Wildman–Crippen MR) is 161 cm³/mol. The highest BCUT2D eigenvalue weighted by atomic mass is 16.5. The number of carbonyl (C=O) groups is 1. The van der Waals surface area contributed by atoms with E-state index in [2.05, 4.69) is 20.8 Å². The van der Waals surface area contributed by atoms with Gasteiger partial charge in [-0.2, -0.15) is 0 Å². The summed E-state index contributed by atoms with van der Waals surface area (Å²) in [5.74, 6) is 0.251. The SMILES string of the molecule is CCCCCCCCCCCCCCC(CCCCCCC)C(=O)OCCCCCCCCCCC. The second-order valence-electron chi connectivity index (χ2n) is 11.6. The van der Waals surface area contributed by atoms with Gasteiger partial charge in [0.25, 0.3) is 0 Å². The lowest BCUT2D eigenvalue weighted by molar-refractivity contribution is -0.149. The van der Waals surface area contributed by atoms with E-state index in [1.54, 1.807) is 0 Å². The molecule has 0 spiro atoms. The summed E-state index contributed by atoms with van der Waals surface area (Å²) in [6.07, 6.45) is 36.7. The summed E-state index contributed by atoms with van der Waals surface area (Å²) in [5.41, 5.74) is 0. The van der Waals surface area contributed by atoms with E-state index in [1.165, 1.54) is 161 Å². The van der Waals surface area contributed by atoms with Gasteiger partial charge in [0.05, 0.1) is 12.5 Å². The number of ether oxygens (including phenoxy) is 1. The molecule has 1 atom stereocenters. The van der Waals surface area contributed by atoms with E-state index in [-0.39, 0.29) is 11.9 Å². The van der Waals surface area contributed by atoms with Crippen molar-refractivity contribution in [2.75, 3.05) is 6.61 Å². The summed E-state index contributed by atoms with van der Waals surface area (Å²) in [4.78, 5) is 12.8. The maximum atomic E-state index is 12.8. The van der Waals surface area contributed by atoms with Crippen LogP contribution in [0.15, 0.2) is 0 Å². The zero-order valence-corrected chi connectivity index (χ0v) is 25.4. The zero-order chi connectivity index (χ0) is 26.4. The molecule has 36 heavy (non-hydrogen) atoms. The predicted octanol–water partition coefficient (Wildman–Crippen LogP) is 12.1. The van der Waals surface area contributed by atoms with E-state index in [4.69, 9.17) is 4.74 Å². The van der Waals surface area contributed by atoms with E-state index in [1.807, 2.05) is 0 Å². The molecule has 0 saturated heterocycles. The molecule has 0 amide bonds. The quantitative estimate of drug-likeness (QED) is 0.0712. The first kappa shape index (κ1) is 35.5. The van der Waals surface area contributed by atoms with Crippen LogP contribution in [0.1, 0.15) is 201 Å². The molecule has 0 saturated carbocycles. The highest BCUT2D eigenvalue weighted by Crippen LogP contribution is 2.21. The molecule has 0 rings (SSSR count). The number of carbonyl (C=O) groups excluding carboxylic acids is 1. The zero-order valence-electron chi connectivity index (χ0n) is 25.4. The average molecular weight is 509 g/mol. The lowest BCUT2D eigenvalue weighted by atomic mass is 9.94. The summed E-state index contributed by atoms with van der Waals surface area (Å²) in [5, 5.41) is 0. The lowest BCUT2D eigenvalue weighted by Gasteiger charge is -2.16. The normalized spacial score (nSPS) is 12.2. The Bertz CT molecular complexity index is 419. The second kappa shape index (κ2) is 30.7. The Hall–Kier alpha value is -0.530. The average Bonchev–Trinajstić information content (AvgIpc) is 2.88. The largest absolute Gasteiger partial charge is 0.465 e. The molecule has 2 heteroatoms. The van der Waals surface area contributed by atoms with Crippen molar-refractivity contribution in [3.05, 3.63) is 0 Å². The van der Waals surface area contributed by atoms with Crippen LogP contribution in [-0.2, 0) is 9.53 Å². The highest BCUT2D eigenvalue weighted by Gasteiger charge is 2.19. The van der Waals surface area contributed by atoms with Crippen LogP contribution >= 0.6 is 0 Å². The molecular weight excluding hydrogens is 440 g/mol. The van der Waals surface area contributed by atoms with Gasteiger partial charge in [-0.05, 0) is 19.3 Å². The van der Waals surface area contributed by atoms with Gasteiger partial charge in [0.1, 0.15) is 0 Å². The number of hydrogen-bond donors (Lipinski definition) is 0. The van der Waals surface area contributed by atoms with Crippen LogP contribution in [0.2, 0.25) is 0 Å². The molecule has 0 N–H and O–H groups in total. The van der Waals surface area contributed by atoms with Gasteiger partial charge in [-0.3, -0.25) is 4.79 Å². The van der Waals surface area contributed by atoms with Gasteiger partial charge in [0.2, 0.25) is 0 Å². The minimum atomic E-state index is 0.105. The molecule has 0 radical (unpaired) electrons. The van der Waals surface area contributed by atoms with Gasteiger partial charge < -0.3 is 4.74 Å². The Morgan fingerprint density at radius 2 is 0.694 bits per heavy atom. The summed E-state index contributed by atoms with van der Waals surface area (Å²) in [6.45, 7) is 7.47. The molecule has 0 aliphatic carbocycles. The van der Waals surface area contributed by atoms with Crippen LogP contribution in [0.25, 0.3) is 0 Å². The molecule has 0 aliphatic rings. The van der Waals surface area contributed by atoms with Crippen molar-refractivity contribution >= 4 is 5.97 Å². The van der Waals surface area contributed by atoms with E-state index in [0.717, 1.165) is 19.3 Å². The molecule has 1 unspecified atom stereocenters. The maximum Gasteiger partial charge on any atom is 0.308 e. The van der Waals surface area contributed by atoms with Crippen LogP contribution in [0.5, 0.6) is 0 Å². The third-order valence-corrected chi connectivity index (χ3v) is 7.89. The Balaban J connectivity index is 3.91. The van der Waals surface area contributed by atoms with Crippen molar-refractivity contribution < 1.29 is 9.53 Å². The van der Waals surface area contributed by atoms with Crippen LogP contribution in [0.3, 0.4) is 0 Å². The van der Waals surface area contributed by atoms with E-state index >= 15 is 0 Å². The van der Waals surface area contributed by atoms with Gasteiger partial charge >= 0.3 is 5.97 Å². The Morgan fingerprint density at radius 3 is 1.03 bits per heavy atom. The number of hydrogen-bond acceptors (Lipinski definition) is 2. The molecule has 0 aliphatic heterocycles. The van der Waals surface area contributed by atoms with Crippen molar-refractivity contribution in [2.24, 2.45) is 5.92 Å². The van der Waals surface area contributed by atoms with E-state index in [9.17, 15) is 4.79 Å². The summed E-state index contributed by atoms with van der Waals surface area (Å²) < 4.78 is 5.76. The molecule has 0 aromatic heterocycles. The highest BCUT2D eigenvalue weighted by molar-refractivity contribution is 5.72. The third kappa shape index (κ3) is 26.5. The molecule has 0 fully saturated rings. The fourth-order valence-corrected chi connectivity index (χ4v) is 5.31. The molecule has 0 heterocycles. The molecule has 2 nitrogen and oxygen atoms in total. The van der Waals surface area contributed by atoms with Gasteiger partial charge in [0, 0.05) is 0 Å². The van der Waals surface area contributed by atoms with Crippen LogP contribution < -0.4 is 0 Å². The first-order valence-electron chi connectivity index (χ1n) is 16.9. The van der Waals surface area contributed by atoms with Crippen molar-refractivity contribution in [2.45, 2.75) is 201 Å². The van der Waals surface area contributed by atoms with E-state index in [0.29, 0.717) is 6.61 Å². The number of esters is 1. The standard InChI is InChI=1S/C34H68O2/c1-4-7-10-13-15-17-18-19-20-22-25-28-31-33(30-27-24-12-9-6-3)34(35)36-32-29-26-23-21-16-14-11-8-5-2/h33H,4-32H2,1-3H3. The number of unbranched alkanes of at least 4 members (excludes halogenated alkanes) is 23. The van der Waals surface area contributed by atoms with Gasteiger partial charge in [-0.25, -0.2) is 0 Å². The van der Waals surface area contributed by atoms with Gasteiger partial charge in [0.15, 0.2) is 0 Å². The Kier molecular flexibility index (Phi) is 30.2. The van der Waals surface area contributed by atoms with Crippen LogP contribution in [0.4, 0.5) is 0 Å². The molecule has 0 aromatic carbocycles. The molecule has 0 bridgehead atoms. The van der Waals surface area contributed by atoms with Crippen LogP contribution in [-0.4, -0.2) is 12.6 Å². The molecular formula is C34H68O2. The lowest BCUT2D eigenvalue weighted by Crippen LogP contribution is -2.18. The smallest absolute Gasteiger partial charge is 0.308 e. The molecule has 216 valence electrons. The van der Waals surface area contributed by atoms with Gasteiger partial charge in [-0.1, -0.05) is 181 Å². The first-order chi connectivity index (χ1) is 17.8. The van der Waals surface area contributed by atoms with Crippen molar-refractivity contribution in [3.63, 3.8) is 0 Å². The van der Waals surface area contributed by atoms with Crippen LogP contribution in [0, 0.1) is 5.92 Å². The monoisotopic (exact) mass is 509 g/mol. The maximum absolute atomic E-state index is 12.8. The number of rotatable bonds is 30.